The maximum Gasteiger partial charge on any atom is 0.325 e. The number of nitrogens with two attached hydrogens (primary N) is 1. The zero-order chi connectivity index (χ0) is 11.5. The lowest BCUT2D eigenvalue weighted by molar-refractivity contribution is -0.146. The van der Waals surface area contributed by atoms with Crippen LogP contribution in [0.1, 0.15) is 12.5 Å². The highest BCUT2D eigenvalue weighted by atomic mass is 79.9. The molecule has 0 aliphatic carbocycles. The van der Waals surface area contributed by atoms with Gasteiger partial charge in [0.25, 0.3) is 0 Å². The van der Waals surface area contributed by atoms with Crippen molar-refractivity contribution in [3.8, 4) is 0 Å². The Balaban J connectivity index is 2.77. The van der Waals surface area contributed by atoms with E-state index in [0.717, 1.165) is 10.0 Å². The molecule has 1 aromatic carbocycles. The maximum atomic E-state index is 11.3. The van der Waals surface area contributed by atoms with Gasteiger partial charge < -0.3 is 10.5 Å². The Morgan fingerprint density at radius 2 is 2.00 bits per heavy atom. The van der Waals surface area contributed by atoms with Crippen LogP contribution in [0.25, 0.3) is 0 Å². The number of carbonyl (C=O) groups excluding carboxylic acids is 1. The third-order valence-electron chi connectivity index (χ3n) is 2.14. The summed E-state index contributed by atoms with van der Waals surface area (Å²) in [7, 11) is 1.34. The van der Waals surface area contributed by atoms with Crippen molar-refractivity contribution in [1.82, 2.24) is 0 Å². The highest BCUT2D eigenvalue weighted by Crippen LogP contribution is 2.15. The van der Waals surface area contributed by atoms with E-state index in [9.17, 15) is 4.79 Å². The second-order valence-electron chi connectivity index (χ2n) is 3.71. The van der Waals surface area contributed by atoms with Crippen LogP contribution in [0.15, 0.2) is 28.7 Å². The van der Waals surface area contributed by atoms with E-state index in [0.29, 0.717) is 6.42 Å². The van der Waals surface area contributed by atoms with Gasteiger partial charge in [-0.1, -0.05) is 28.1 Å². The summed E-state index contributed by atoms with van der Waals surface area (Å²) in [5.74, 6) is -0.398. The van der Waals surface area contributed by atoms with Crippen molar-refractivity contribution >= 4 is 21.9 Å². The van der Waals surface area contributed by atoms with E-state index in [4.69, 9.17) is 5.73 Å². The molecule has 0 aliphatic heterocycles. The molecule has 0 aromatic heterocycles. The largest absolute Gasteiger partial charge is 0.468 e. The highest BCUT2D eigenvalue weighted by Gasteiger charge is 2.29. The SMILES string of the molecule is COC(=O)[C@@](C)(N)Cc1ccc(Br)cc1. The molecule has 0 saturated heterocycles. The molecule has 0 fully saturated rings. The van der Waals surface area contributed by atoms with Crippen LogP contribution < -0.4 is 5.73 Å². The molecule has 4 heteroatoms. The molecule has 1 rings (SSSR count). The normalized spacial score (nSPS) is 14.4. The minimum Gasteiger partial charge on any atom is -0.468 e. The Hall–Kier alpha value is -0.870. The van der Waals surface area contributed by atoms with Crippen LogP contribution in [0.4, 0.5) is 0 Å². The number of hydrogen-bond acceptors (Lipinski definition) is 3. The molecule has 0 saturated carbocycles. The minimum atomic E-state index is -0.970. The molecule has 0 bridgehead atoms. The van der Waals surface area contributed by atoms with E-state index in [1.165, 1.54) is 7.11 Å². The van der Waals surface area contributed by atoms with Crippen molar-refractivity contribution in [3.63, 3.8) is 0 Å². The van der Waals surface area contributed by atoms with Crippen molar-refractivity contribution in [3.05, 3.63) is 34.3 Å². The van der Waals surface area contributed by atoms with E-state index >= 15 is 0 Å². The van der Waals surface area contributed by atoms with Crippen LogP contribution in [0.2, 0.25) is 0 Å². The fourth-order valence-corrected chi connectivity index (χ4v) is 1.60. The molecule has 82 valence electrons. The summed E-state index contributed by atoms with van der Waals surface area (Å²) in [6.07, 6.45) is 0.465. The first-order chi connectivity index (χ1) is 6.95. The number of halogens is 1. The summed E-state index contributed by atoms with van der Waals surface area (Å²) in [6.45, 7) is 1.67. The summed E-state index contributed by atoms with van der Waals surface area (Å²) in [6, 6.07) is 7.70. The molecule has 0 radical (unpaired) electrons. The van der Waals surface area contributed by atoms with Crippen LogP contribution in [0, 0.1) is 0 Å². The monoisotopic (exact) mass is 271 g/mol. The Morgan fingerprint density at radius 1 is 1.47 bits per heavy atom. The molecule has 0 aliphatic rings. The summed E-state index contributed by atoms with van der Waals surface area (Å²) < 4.78 is 5.64. The van der Waals surface area contributed by atoms with Gasteiger partial charge in [-0.3, -0.25) is 4.79 Å². The van der Waals surface area contributed by atoms with Gasteiger partial charge in [-0.15, -0.1) is 0 Å². The number of ether oxygens (including phenoxy) is 1. The lowest BCUT2D eigenvalue weighted by Crippen LogP contribution is -2.47. The predicted octanol–water partition coefficient (Wildman–Crippen LogP) is 1.88. The fourth-order valence-electron chi connectivity index (χ4n) is 1.33. The molecular weight excluding hydrogens is 258 g/mol. The molecule has 0 unspecified atom stereocenters. The van der Waals surface area contributed by atoms with E-state index < -0.39 is 11.5 Å². The Labute approximate surface area is 97.7 Å². The molecule has 1 aromatic rings. The second-order valence-corrected chi connectivity index (χ2v) is 4.63. The van der Waals surface area contributed by atoms with Crippen molar-refractivity contribution in [1.29, 1.82) is 0 Å². The van der Waals surface area contributed by atoms with Crippen molar-refractivity contribution in [2.45, 2.75) is 18.9 Å². The zero-order valence-corrected chi connectivity index (χ0v) is 10.4. The Kier molecular flexibility index (Phi) is 3.88. The number of rotatable bonds is 3. The molecule has 3 nitrogen and oxygen atoms in total. The number of esters is 1. The van der Waals surface area contributed by atoms with Gasteiger partial charge in [-0.25, -0.2) is 0 Å². The van der Waals surface area contributed by atoms with E-state index in [1.54, 1.807) is 6.92 Å². The van der Waals surface area contributed by atoms with Crippen LogP contribution in [-0.4, -0.2) is 18.6 Å². The molecule has 0 heterocycles. The van der Waals surface area contributed by atoms with Crippen LogP contribution in [0.3, 0.4) is 0 Å². The third-order valence-corrected chi connectivity index (χ3v) is 2.66. The fraction of sp³-hybridized carbons (Fsp3) is 0.364. The van der Waals surface area contributed by atoms with Gasteiger partial charge in [0.2, 0.25) is 0 Å². The van der Waals surface area contributed by atoms with Crippen molar-refractivity contribution in [2.24, 2.45) is 5.73 Å². The molecular formula is C11H14BrNO2. The Morgan fingerprint density at radius 3 is 2.47 bits per heavy atom. The van der Waals surface area contributed by atoms with Crippen molar-refractivity contribution < 1.29 is 9.53 Å². The van der Waals surface area contributed by atoms with E-state index in [2.05, 4.69) is 20.7 Å². The Bertz CT molecular complexity index is 346. The minimum absolute atomic E-state index is 0.398. The van der Waals surface area contributed by atoms with Crippen LogP contribution >= 0.6 is 15.9 Å². The number of benzene rings is 1. The zero-order valence-electron chi connectivity index (χ0n) is 8.79. The predicted molar refractivity (Wildman–Crippen MR) is 62.5 cm³/mol. The molecule has 1 atom stereocenters. The van der Waals surface area contributed by atoms with Crippen molar-refractivity contribution in [2.75, 3.05) is 7.11 Å². The quantitative estimate of drug-likeness (QED) is 0.855. The second kappa shape index (κ2) is 4.77. The van der Waals surface area contributed by atoms with Gasteiger partial charge in [0.15, 0.2) is 0 Å². The van der Waals surface area contributed by atoms with E-state index in [-0.39, 0.29) is 0 Å². The van der Waals surface area contributed by atoms with Crippen LogP contribution in [-0.2, 0) is 16.0 Å². The standard InChI is InChI=1S/C11H14BrNO2/c1-11(13,10(14)15-2)7-8-3-5-9(12)6-4-8/h3-6H,7,13H2,1-2H3/t11-/m0/s1. The van der Waals surface area contributed by atoms with Gasteiger partial charge in [0.05, 0.1) is 7.11 Å². The molecule has 0 spiro atoms. The van der Waals surface area contributed by atoms with Gasteiger partial charge in [0, 0.05) is 10.9 Å². The summed E-state index contributed by atoms with van der Waals surface area (Å²) in [4.78, 5) is 11.3. The molecule has 2 N–H and O–H groups in total. The topological polar surface area (TPSA) is 52.3 Å². The first-order valence-corrected chi connectivity index (χ1v) is 5.37. The smallest absolute Gasteiger partial charge is 0.325 e. The van der Waals surface area contributed by atoms with Gasteiger partial charge >= 0.3 is 5.97 Å². The van der Waals surface area contributed by atoms with Gasteiger partial charge in [-0.2, -0.15) is 0 Å². The summed E-state index contributed by atoms with van der Waals surface area (Å²) >= 11 is 3.34. The van der Waals surface area contributed by atoms with Gasteiger partial charge in [0.1, 0.15) is 5.54 Å². The maximum absolute atomic E-state index is 11.3. The van der Waals surface area contributed by atoms with Crippen LogP contribution in [0.5, 0.6) is 0 Å². The summed E-state index contributed by atoms with van der Waals surface area (Å²) in [5.41, 5.74) is 5.89. The number of hydrogen-bond donors (Lipinski definition) is 1. The average molecular weight is 272 g/mol. The lowest BCUT2D eigenvalue weighted by Gasteiger charge is -2.21. The molecule has 0 amide bonds. The summed E-state index contributed by atoms with van der Waals surface area (Å²) in [5, 5.41) is 0. The lowest BCUT2D eigenvalue weighted by atomic mass is 9.94. The first-order valence-electron chi connectivity index (χ1n) is 4.57. The number of methoxy groups -OCH3 is 1. The van der Waals surface area contributed by atoms with Gasteiger partial charge in [-0.05, 0) is 24.6 Å². The number of carbonyl (C=O) groups is 1. The first kappa shape index (κ1) is 12.2. The third kappa shape index (κ3) is 3.32. The highest BCUT2D eigenvalue weighted by molar-refractivity contribution is 9.10. The average Bonchev–Trinajstić information content (AvgIpc) is 2.20. The molecule has 15 heavy (non-hydrogen) atoms. The van der Waals surface area contributed by atoms with E-state index in [1.807, 2.05) is 24.3 Å².